The quantitative estimate of drug-likeness (QED) is 0.785. The molecule has 1 aliphatic heterocycles. The fourth-order valence-electron chi connectivity index (χ4n) is 3.11. The molecule has 2 N–H and O–H groups in total. The zero-order valence-corrected chi connectivity index (χ0v) is 15.6. The number of nitrogens with one attached hydrogen (secondary N) is 2. The smallest absolute Gasteiger partial charge is 0.245 e. The first-order chi connectivity index (χ1) is 12.4. The first kappa shape index (κ1) is 18.5. The van der Waals surface area contributed by atoms with Crippen molar-refractivity contribution in [1.82, 2.24) is 9.62 Å². The van der Waals surface area contributed by atoms with E-state index in [1.807, 2.05) is 32.0 Å². The fraction of sp³-hybridized carbons (Fsp3) is 0.333. The first-order valence-electron chi connectivity index (χ1n) is 8.44. The van der Waals surface area contributed by atoms with Gasteiger partial charge in [-0.05, 0) is 60.5 Å². The van der Waals surface area contributed by atoms with Gasteiger partial charge in [-0.25, -0.2) is 8.42 Å². The molecule has 2 aromatic carbocycles. The zero-order chi connectivity index (χ0) is 18.7. The van der Waals surface area contributed by atoms with Crippen LogP contribution in [0.2, 0.25) is 0 Å². The van der Waals surface area contributed by atoms with Crippen LogP contribution >= 0.6 is 0 Å². The highest BCUT2D eigenvalue weighted by Gasteiger charge is 2.28. The monoisotopic (exact) mass is 374 g/mol. The van der Waals surface area contributed by atoms with Crippen molar-refractivity contribution in [3.8, 4) is 0 Å². The highest BCUT2D eigenvalue weighted by atomic mass is 32.2. The average Bonchev–Trinajstić information content (AvgIpc) is 2.62. The molecule has 1 saturated heterocycles. The Balaban J connectivity index is 2.04. The number of nitrogens with zero attached hydrogens (tertiary/aromatic N) is 2. The summed E-state index contributed by atoms with van der Waals surface area (Å²) >= 11 is 0. The van der Waals surface area contributed by atoms with Crippen molar-refractivity contribution in [3.63, 3.8) is 0 Å². The standard InChI is InChI=1S/C18H22N4O3S/c1-13-9-14(2)11-16(10-13)20-17-4-3-15(21-23)12-18(17)26(24,25)22-7-5-19-6-8-22/h3-4,9-12,19-20H,5-8H2,1-2H3. The molecule has 0 spiro atoms. The maximum absolute atomic E-state index is 13.1. The summed E-state index contributed by atoms with van der Waals surface area (Å²) in [4.78, 5) is 11.0. The number of nitroso groups, excluding NO2 is 1. The summed E-state index contributed by atoms with van der Waals surface area (Å²) in [6.07, 6.45) is 0. The molecule has 138 valence electrons. The number of piperazine rings is 1. The molecule has 7 nitrogen and oxygen atoms in total. The number of hydrogen-bond donors (Lipinski definition) is 2. The lowest BCUT2D eigenvalue weighted by Crippen LogP contribution is -2.46. The van der Waals surface area contributed by atoms with E-state index in [9.17, 15) is 13.3 Å². The van der Waals surface area contributed by atoms with Crippen LogP contribution in [0, 0.1) is 18.8 Å². The van der Waals surface area contributed by atoms with E-state index in [4.69, 9.17) is 0 Å². The molecule has 0 bridgehead atoms. The fourth-order valence-corrected chi connectivity index (χ4v) is 4.72. The highest BCUT2D eigenvalue weighted by Crippen LogP contribution is 2.32. The largest absolute Gasteiger partial charge is 0.354 e. The molecule has 26 heavy (non-hydrogen) atoms. The van der Waals surface area contributed by atoms with Gasteiger partial charge in [0.25, 0.3) is 0 Å². The van der Waals surface area contributed by atoms with Crippen LogP contribution in [0.25, 0.3) is 0 Å². The molecular weight excluding hydrogens is 352 g/mol. The van der Waals surface area contributed by atoms with Crippen molar-refractivity contribution in [2.75, 3.05) is 31.5 Å². The third-order valence-electron chi connectivity index (χ3n) is 4.27. The molecule has 3 rings (SSSR count). The number of hydrogen-bond acceptors (Lipinski definition) is 6. The summed E-state index contributed by atoms with van der Waals surface area (Å²) < 4.78 is 27.7. The average molecular weight is 374 g/mol. The van der Waals surface area contributed by atoms with E-state index in [0.29, 0.717) is 31.9 Å². The van der Waals surface area contributed by atoms with Gasteiger partial charge >= 0.3 is 0 Å². The van der Waals surface area contributed by atoms with Gasteiger partial charge in [0.15, 0.2) is 0 Å². The van der Waals surface area contributed by atoms with Gasteiger partial charge in [0.1, 0.15) is 10.6 Å². The summed E-state index contributed by atoms with van der Waals surface area (Å²) in [6.45, 7) is 5.95. The Morgan fingerprint density at radius 2 is 1.69 bits per heavy atom. The van der Waals surface area contributed by atoms with E-state index in [2.05, 4.69) is 15.8 Å². The molecular formula is C18H22N4O3S. The van der Waals surface area contributed by atoms with Crippen molar-refractivity contribution in [2.24, 2.45) is 5.18 Å². The highest BCUT2D eigenvalue weighted by molar-refractivity contribution is 7.89. The molecule has 0 atom stereocenters. The zero-order valence-electron chi connectivity index (χ0n) is 14.8. The minimum absolute atomic E-state index is 0.0654. The van der Waals surface area contributed by atoms with Crippen LogP contribution in [0.4, 0.5) is 17.1 Å². The summed E-state index contributed by atoms with van der Waals surface area (Å²) in [5.74, 6) is 0. The van der Waals surface area contributed by atoms with Crippen molar-refractivity contribution < 1.29 is 8.42 Å². The summed E-state index contributed by atoms with van der Waals surface area (Å²) in [7, 11) is -3.73. The minimum Gasteiger partial charge on any atom is -0.354 e. The molecule has 1 heterocycles. The van der Waals surface area contributed by atoms with Crippen LogP contribution < -0.4 is 10.6 Å². The maximum Gasteiger partial charge on any atom is 0.245 e. The third kappa shape index (κ3) is 3.92. The van der Waals surface area contributed by atoms with Crippen LogP contribution in [0.5, 0.6) is 0 Å². The maximum atomic E-state index is 13.1. The normalized spacial score (nSPS) is 15.6. The number of anilines is 2. The lowest BCUT2D eigenvalue weighted by molar-refractivity contribution is 0.360. The lowest BCUT2D eigenvalue weighted by atomic mass is 10.1. The SMILES string of the molecule is Cc1cc(C)cc(Nc2ccc(N=O)cc2S(=O)(=O)N2CCNCC2)c1. The van der Waals surface area contributed by atoms with Gasteiger partial charge in [-0.1, -0.05) is 6.07 Å². The Morgan fingerprint density at radius 3 is 2.31 bits per heavy atom. The molecule has 1 fully saturated rings. The van der Waals surface area contributed by atoms with Crippen LogP contribution in [-0.4, -0.2) is 38.9 Å². The number of aryl methyl sites for hydroxylation is 2. The number of sulfonamides is 1. The van der Waals surface area contributed by atoms with Crippen LogP contribution in [0.1, 0.15) is 11.1 Å². The van der Waals surface area contributed by atoms with E-state index in [0.717, 1.165) is 16.8 Å². The van der Waals surface area contributed by atoms with Gasteiger partial charge in [0.2, 0.25) is 10.0 Å². The van der Waals surface area contributed by atoms with E-state index in [1.165, 1.54) is 16.4 Å². The van der Waals surface area contributed by atoms with Crippen LogP contribution in [0.15, 0.2) is 46.5 Å². The van der Waals surface area contributed by atoms with Gasteiger partial charge in [-0.3, -0.25) is 0 Å². The molecule has 8 heteroatoms. The summed E-state index contributed by atoms with van der Waals surface area (Å²) in [5.41, 5.74) is 3.46. The lowest BCUT2D eigenvalue weighted by Gasteiger charge is -2.27. The molecule has 0 aliphatic carbocycles. The van der Waals surface area contributed by atoms with Crippen molar-refractivity contribution in [1.29, 1.82) is 0 Å². The van der Waals surface area contributed by atoms with Gasteiger partial charge in [0.05, 0.1) is 5.69 Å². The predicted molar refractivity (Wildman–Crippen MR) is 103 cm³/mol. The molecule has 0 radical (unpaired) electrons. The minimum atomic E-state index is -3.73. The predicted octanol–water partition coefficient (Wildman–Crippen LogP) is 3.04. The van der Waals surface area contributed by atoms with Crippen LogP contribution in [0.3, 0.4) is 0 Å². The third-order valence-corrected chi connectivity index (χ3v) is 6.20. The van der Waals surface area contributed by atoms with Crippen molar-refractivity contribution >= 4 is 27.1 Å². The molecule has 0 saturated carbocycles. The Labute approximate surface area is 153 Å². The second-order valence-electron chi connectivity index (χ2n) is 6.43. The van der Waals surface area contributed by atoms with Crippen molar-refractivity contribution in [3.05, 3.63) is 52.4 Å². The Hall–Kier alpha value is -2.29. The summed E-state index contributed by atoms with van der Waals surface area (Å²) in [5, 5.41) is 9.22. The van der Waals surface area contributed by atoms with E-state index >= 15 is 0 Å². The summed E-state index contributed by atoms with van der Waals surface area (Å²) in [6, 6.07) is 10.4. The van der Waals surface area contributed by atoms with Crippen molar-refractivity contribution in [2.45, 2.75) is 18.7 Å². The van der Waals surface area contributed by atoms with E-state index in [-0.39, 0.29) is 10.6 Å². The molecule has 2 aromatic rings. The molecule has 1 aliphatic rings. The molecule has 0 aromatic heterocycles. The first-order valence-corrected chi connectivity index (χ1v) is 9.88. The second-order valence-corrected chi connectivity index (χ2v) is 8.33. The van der Waals surface area contributed by atoms with Gasteiger partial charge < -0.3 is 10.6 Å². The van der Waals surface area contributed by atoms with E-state index in [1.54, 1.807) is 6.07 Å². The second kappa shape index (κ2) is 7.53. The van der Waals surface area contributed by atoms with E-state index < -0.39 is 10.0 Å². The van der Waals surface area contributed by atoms with Gasteiger partial charge in [-0.2, -0.15) is 4.31 Å². The van der Waals surface area contributed by atoms with Gasteiger partial charge in [0, 0.05) is 31.9 Å². The molecule has 0 unspecified atom stereocenters. The molecule has 0 amide bonds. The Kier molecular flexibility index (Phi) is 5.36. The number of benzene rings is 2. The number of rotatable bonds is 5. The van der Waals surface area contributed by atoms with Crippen LogP contribution in [-0.2, 0) is 10.0 Å². The topological polar surface area (TPSA) is 90.9 Å². The Morgan fingerprint density at radius 1 is 1.04 bits per heavy atom. The Bertz CT molecular complexity index is 902. The van der Waals surface area contributed by atoms with Gasteiger partial charge in [-0.15, -0.1) is 4.91 Å².